The topological polar surface area (TPSA) is 111 Å². The number of hydrogen-bond acceptors (Lipinski definition) is 7. The second kappa shape index (κ2) is 9.39. The first-order valence-corrected chi connectivity index (χ1v) is 12.4. The summed E-state index contributed by atoms with van der Waals surface area (Å²) in [5.41, 5.74) is 1.40. The van der Waals surface area contributed by atoms with Crippen LogP contribution in [0.25, 0.3) is 0 Å². The van der Waals surface area contributed by atoms with E-state index in [1.54, 1.807) is 29.0 Å². The number of sulfone groups is 1. The molecule has 8 nitrogen and oxygen atoms in total. The lowest BCUT2D eigenvalue weighted by molar-refractivity contribution is 0.127. The molecule has 0 aliphatic carbocycles. The third-order valence-electron chi connectivity index (χ3n) is 4.44. The van der Waals surface area contributed by atoms with E-state index < -0.39 is 22.0 Å². The lowest BCUT2D eigenvalue weighted by Crippen LogP contribution is -2.18. The molecule has 0 aliphatic rings. The number of nitrogens with zero attached hydrogens (tertiary/aromatic N) is 2. The van der Waals surface area contributed by atoms with Gasteiger partial charge in [-0.05, 0) is 23.6 Å². The number of benzene rings is 1. The fourth-order valence-electron chi connectivity index (χ4n) is 2.82. The molecule has 0 fully saturated rings. The zero-order chi connectivity index (χ0) is 22.8. The number of nitrogens with one attached hydrogen (secondary N) is 1. The van der Waals surface area contributed by atoms with Crippen molar-refractivity contribution in [1.82, 2.24) is 9.55 Å². The third kappa shape index (κ3) is 6.07. The molecule has 11 heteroatoms. The molecule has 2 aromatic heterocycles. The number of ether oxygens (including phenoxy) is 1. The van der Waals surface area contributed by atoms with Crippen LogP contribution in [0.2, 0.25) is 4.34 Å². The van der Waals surface area contributed by atoms with Gasteiger partial charge in [-0.1, -0.05) is 48.9 Å². The number of amides is 1. The number of aliphatic hydroxyl groups excluding tert-OH is 1. The number of halogens is 1. The minimum Gasteiger partial charge on any atom is -0.393 e. The summed E-state index contributed by atoms with van der Waals surface area (Å²) in [5.74, 6) is 0.186. The number of anilines is 1. The van der Waals surface area contributed by atoms with Crippen LogP contribution in [0, 0.1) is 5.92 Å². The van der Waals surface area contributed by atoms with Crippen molar-refractivity contribution in [1.29, 1.82) is 0 Å². The van der Waals surface area contributed by atoms with Crippen LogP contribution in [-0.2, 0) is 16.4 Å². The van der Waals surface area contributed by atoms with Crippen molar-refractivity contribution < 1.29 is 23.1 Å². The van der Waals surface area contributed by atoms with Crippen molar-refractivity contribution in [2.24, 2.45) is 5.92 Å². The number of hydrogen-bond donors (Lipinski definition) is 2. The van der Waals surface area contributed by atoms with E-state index in [4.69, 9.17) is 16.3 Å². The molecule has 0 bridgehead atoms. The highest BCUT2D eigenvalue weighted by molar-refractivity contribution is 7.90. The predicted molar refractivity (Wildman–Crippen MR) is 120 cm³/mol. The molecule has 31 heavy (non-hydrogen) atoms. The third-order valence-corrected chi connectivity index (χ3v) is 6.60. The molecule has 2 N–H and O–H groups in total. The van der Waals surface area contributed by atoms with Crippen molar-refractivity contribution in [3.63, 3.8) is 0 Å². The monoisotopic (exact) mass is 483 g/mol. The Balaban J connectivity index is 1.84. The Morgan fingerprint density at radius 2 is 2.00 bits per heavy atom. The van der Waals surface area contributed by atoms with Crippen molar-refractivity contribution in [2.75, 3.05) is 11.6 Å². The molecule has 2 heterocycles. The fraction of sp³-hybridized carbons (Fsp3) is 0.300. The molecule has 1 atom stereocenters. The van der Waals surface area contributed by atoms with Gasteiger partial charge in [0, 0.05) is 24.1 Å². The van der Waals surface area contributed by atoms with Crippen molar-refractivity contribution in [2.45, 2.75) is 31.4 Å². The van der Waals surface area contributed by atoms with Gasteiger partial charge in [0.05, 0.1) is 23.7 Å². The highest BCUT2D eigenvalue weighted by atomic mass is 35.5. The van der Waals surface area contributed by atoms with E-state index in [2.05, 4.69) is 10.3 Å². The van der Waals surface area contributed by atoms with Gasteiger partial charge in [0.1, 0.15) is 4.34 Å². The number of carbonyl (C=O) groups is 1. The predicted octanol–water partition coefficient (Wildman–Crippen LogP) is 4.35. The summed E-state index contributed by atoms with van der Waals surface area (Å²) in [6.07, 6.45) is 2.79. The van der Waals surface area contributed by atoms with E-state index in [0.717, 1.165) is 23.2 Å². The minimum atomic E-state index is -3.29. The summed E-state index contributed by atoms with van der Waals surface area (Å²) in [6, 6.07) is 8.03. The molecule has 166 valence electrons. The standard InChI is InChI=1S/C20H22ClN3O5S2/c1-12(2)18(25)14-8-17(29-20(26)23-19-22-9-16(21)30-19)24(11-14)10-13-4-6-15(7-5-13)31(3,27)28/h4-9,11-12,18,25H,10H2,1-3H3,(H,22,23,26). The average Bonchev–Trinajstić information content (AvgIpc) is 3.26. The number of aliphatic hydroxyl groups is 1. The van der Waals surface area contributed by atoms with E-state index in [9.17, 15) is 18.3 Å². The van der Waals surface area contributed by atoms with Crippen LogP contribution >= 0.6 is 22.9 Å². The zero-order valence-electron chi connectivity index (χ0n) is 17.1. The Labute approximate surface area is 189 Å². The van der Waals surface area contributed by atoms with Gasteiger partial charge in [-0.2, -0.15) is 0 Å². The van der Waals surface area contributed by atoms with Crippen LogP contribution in [-0.4, -0.2) is 35.4 Å². The van der Waals surface area contributed by atoms with Gasteiger partial charge in [0.2, 0.25) is 5.88 Å². The highest BCUT2D eigenvalue weighted by Gasteiger charge is 2.19. The Bertz CT molecular complexity index is 1170. The fourth-order valence-corrected chi connectivity index (χ4v) is 4.25. The summed E-state index contributed by atoms with van der Waals surface area (Å²) < 4.78 is 30.9. The maximum Gasteiger partial charge on any atom is 0.420 e. The highest BCUT2D eigenvalue weighted by Crippen LogP contribution is 2.29. The Morgan fingerprint density at radius 1 is 1.32 bits per heavy atom. The minimum absolute atomic E-state index is 0.0379. The van der Waals surface area contributed by atoms with E-state index in [0.29, 0.717) is 21.6 Å². The first-order chi connectivity index (χ1) is 14.5. The SMILES string of the molecule is CC(C)C(O)c1cc(OC(=O)Nc2ncc(Cl)s2)n(Cc2ccc(S(C)(=O)=O)cc2)c1. The Hall–Kier alpha value is -2.40. The van der Waals surface area contributed by atoms with Gasteiger partial charge in [-0.25, -0.2) is 18.2 Å². The molecule has 1 amide bonds. The van der Waals surface area contributed by atoms with Gasteiger partial charge < -0.3 is 14.4 Å². The Kier molecular flexibility index (Phi) is 7.05. The molecule has 0 radical (unpaired) electrons. The number of carbonyl (C=O) groups excluding carboxylic acids is 1. The van der Waals surface area contributed by atoms with Crippen molar-refractivity contribution >= 4 is 44.0 Å². The summed E-state index contributed by atoms with van der Waals surface area (Å²) in [4.78, 5) is 16.5. The van der Waals surface area contributed by atoms with E-state index in [1.807, 2.05) is 13.8 Å². The average molecular weight is 484 g/mol. The van der Waals surface area contributed by atoms with Gasteiger partial charge in [0.25, 0.3) is 0 Å². The van der Waals surface area contributed by atoms with E-state index in [-0.39, 0.29) is 16.7 Å². The molecule has 0 aliphatic heterocycles. The molecule has 3 aromatic rings. The summed E-state index contributed by atoms with van der Waals surface area (Å²) in [6.45, 7) is 4.07. The van der Waals surface area contributed by atoms with Crippen molar-refractivity contribution in [3.8, 4) is 5.88 Å². The van der Waals surface area contributed by atoms with Crippen LogP contribution in [0.15, 0.2) is 47.6 Å². The van der Waals surface area contributed by atoms with Crippen molar-refractivity contribution in [3.05, 3.63) is 58.2 Å². The maximum atomic E-state index is 12.3. The summed E-state index contributed by atoms with van der Waals surface area (Å²) >= 11 is 6.92. The van der Waals surface area contributed by atoms with Crippen LogP contribution in [0.1, 0.15) is 31.1 Å². The van der Waals surface area contributed by atoms with Crippen LogP contribution in [0.3, 0.4) is 0 Å². The van der Waals surface area contributed by atoms with Gasteiger partial charge >= 0.3 is 6.09 Å². The largest absolute Gasteiger partial charge is 0.420 e. The zero-order valence-corrected chi connectivity index (χ0v) is 19.5. The van der Waals surface area contributed by atoms with Crippen LogP contribution < -0.4 is 10.1 Å². The van der Waals surface area contributed by atoms with Gasteiger partial charge in [0.15, 0.2) is 15.0 Å². The molecular formula is C20H22ClN3O5S2. The number of thiazole rings is 1. The lowest BCUT2D eigenvalue weighted by Gasteiger charge is -2.12. The Morgan fingerprint density at radius 3 is 2.55 bits per heavy atom. The second-order valence-corrected chi connectivity index (χ2v) is 11.0. The normalized spacial score (nSPS) is 12.7. The first-order valence-electron chi connectivity index (χ1n) is 9.30. The molecular weight excluding hydrogens is 462 g/mol. The van der Waals surface area contributed by atoms with Gasteiger partial charge in [-0.15, -0.1) is 0 Å². The molecule has 0 spiro atoms. The smallest absolute Gasteiger partial charge is 0.393 e. The summed E-state index contributed by atoms with van der Waals surface area (Å²) in [5, 5.41) is 13.2. The quantitative estimate of drug-likeness (QED) is 0.516. The van der Waals surface area contributed by atoms with Crippen LogP contribution in [0.5, 0.6) is 5.88 Å². The second-order valence-electron chi connectivity index (χ2n) is 7.33. The lowest BCUT2D eigenvalue weighted by atomic mass is 10.0. The summed E-state index contributed by atoms with van der Waals surface area (Å²) in [7, 11) is -3.29. The number of rotatable bonds is 7. The number of aromatic nitrogens is 2. The molecule has 3 rings (SSSR count). The molecule has 1 aromatic carbocycles. The van der Waals surface area contributed by atoms with Gasteiger partial charge in [-0.3, -0.25) is 5.32 Å². The van der Waals surface area contributed by atoms with Crippen LogP contribution in [0.4, 0.5) is 9.93 Å². The molecule has 0 saturated carbocycles. The van der Waals surface area contributed by atoms with E-state index in [1.165, 1.54) is 18.3 Å². The molecule has 0 saturated heterocycles. The molecule has 1 unspecified atom stereocenters. The first kappa shape index (κ1) is 23.3. The van der Waals surface area contributed by atoms with E-state index >= 15 is 0 Å². The maximum absolute atomic E-state index is 12.3.